The van der Waals surface area contributed by atoms with Crippen molar-refractivity contribution in [2.75, 3.05) is 6.54 Å². The van der Waals surface area contributed by atoms with Gasteiger partial charge in [0.2, 0.25) is 6.33 Å². The number of ether oxygens (including phenoxy) is 1. The molecule has 3 heterocycles. The quantitative estimate of drug-likeness (QED) is 0.128. The number of hydrogen-bond donors (Lipinski definition) is 2. The number of nitriles is 1. The fraction of sp³-hybridized carbons (Fsp3) is 0.306. The molecule has 0 amide bonds. The van der Waals surface area contributed by atoms with Crippen molar-refractivity contribution in [1.29, 1.82) is 5.26 Å². The number of thiazole rings is 1. The van der Waals surface area contributed by atoms with E-state index in [1.807, 2.05) is 35.9 Å². The van der Waals surface area contributed by atoms with Crippen LogP contribution in [0, 0.1) is 36.8 Å². The predicted molar refractivity (Wildman–Crippen MR) is 175 cm³/mol. The first-order valence-corrected chi connectivity index (χ1v) is 16.5. The van der Waals surface area contributed by atoms with Gasteiger partial charge in [-0.1, -0.05) is 19.1 Å². The maximum Gasteiger partial charge on any atom is 0.328 e. The Morgan fingerprint density at radius 3 is 2.61 bits per heavy atom. The first-order chi connectivity index (χ1) is 23.0. The maximum absolute atomic E-state index is 15.3. The minimum atomic E-state index is -1.93. The van der Waals surface area contributed by atoms with Gasteiger partial charge in [-0.15, -0.1) is 16.0 Å². The Bertz CT molecular complexity index is 1980. The lowest BCUT2D eigenvalue weighted by atomic mass is 9.82. The molecule has 2 N–H and O–H groups in total. The monoisotopic (exact) mass is 748 g/mol. The van der Waals surface area contributed by atoms with Crippen LogP contribution in [0.15, 0.2) is 72.6 Å². The molecule has 254 valence electrons. The van der Waals surface area contributed by atoms with Gasteiger partial charge >= 0.3 is 5.97 Å². The van der Waals surface area contributed by atoms with Crippen molar-refractivity contribution >= 4 is 17.3 Å². The van der Waals surface area contributed by atoms with E-state index in [-0.39, 0.29) is 41.1 Å². The van der Waals surface area contributed by atoms with Crippen molar-refractivity contribution < 1.29 is 45.0 Å². The standard InChI is InChI=1S/C36H35F2N6O3S.BrH/c1-22-13-26(14-23(2)33(22)47-35(45)31-5-4-12-40-31)17-43-20-41-44(21-43)19-36(46,29-15-28(37)10-11-30(29)38)24(3)34-42-32(18-48-34)27-8-6-25(16-39)7-9-27;/h6-11,13-15,18,20-21,24,31,40,46H,4-5,12,17,19H2,1-3H3;1H/q+1;/p-1/t24-,31-,36+;/m0./s1. The number of aliphatic hydroxyl groups is 1. The fourth-order valence-electron chi connectivity index (χ4n) is 6.16. The molecule has 3 atom stereocenters. The van der Waals surface area contributed by atoms with E-state index < -0.39 is 23.2 Å². The van der Waals surface area contributed by atoms with Crippen LogP contribution in [0.25, 0.3) is 11.3 Å². The molecule has 49 heavy (non-hydrogen) atoms. The van der Waals surface area contributed by atoms with Crippen LogP contribution in [0.3, 0.4) is 0 Å². The third-order valence-corrected chi connectivity index (χ3v) is 9.81. The highest BCUT2D eigenvalue weighted by atomic mass is 79.9. The highest BCUT2D eigenvalue weighted by molar-refractivity contribution is 7.10. The number of aryl methyl sites for hydroxylation is 2. The Labute approximate surface area is 297 Å². The third kappa shape index (κ3) is 7.78. The van der Waals surface area contributed by atoms with E-state index in [4.69, 9.17) is 15.0 Å². The Kier molecular flexibility index (Phi) is 11.0. The van der Waals surface area contributed by atoms with Crippen molar-refractivity contribution in [3.8, 4) is 23.1 Å². The summed E-state index contributed by atoms with van der Waals surface area (Å²) in [6, 6.07) is 15.7. The molecular weight excluding hydrogens is 714 g/mol. The molecule has 1 aliphatic heterocycles. The molecule has 6 rings (SSSR count). The number of nitrogens with one attached hydrogen (secondary N) is 1. The lowest BCUT2D eigenvalue weighted by molar-refractivity contribution is -0.689. The van der Waals surface area contributed by atoms with Crippen LogP contribution >= 0.6 is 11.3 Å². The highest BCUT2D eigenvalue weighted by Gasteiger charge is 2.43. The number of esters is 1. The maximum atomic E-state index is 15.3. The van der Waals surface area contributed by atoms with E-state index >= 15 is 4.39 Å². The summed E-state index contributed by atoms with van der Waals surface area (Å²) < 4.78 is 38.9. The van der Waals surface area contributed by atoms with Gasteiger partial charge in [-0.25, -0.2) is 23.1 Å². The minimum Gasteiger partial charge on any atom is -1.00 e. The third-order valence-electron chi connectivity index (χ3n) is 8.78. The summed E-state index contributed by atoms with van der Waals surface area (Å²) in [7, 11) is 0. The Morgan fingerprint density at radius 2 is 1.94 bits per heavy atom. The Balaban J connectivity index is 0.00000468. The number of hydrogen-bond acceptors (Lipinski definition) is 8. The molecule has 3 aromatic carbocycles. The topological polar surface area (TPSA) is 117 Å². The molecule has 0 unspecified atom stereocenters. The number of benzene rings is 3. The van der Waals surface area contributed by atoms with Crippen molar-refractivity contribution in [1.82, 2.24) is 20.1 Å². The lowest BCUT2D eigenvalue weighted by Crippen LogP contribution is -3.00. The summed E-state index contributed by atoms with van der Waals surface area (Å²) in [6.45, 7) is 6.58. The van der Waals surface area contributed by atoms with E-state index in [9.17, 15) is 14.3 Å². The number of rotatable bonds is 10. The Hall–Kier alpha value is -4.35. The van der Waals surface area contributed by atoms with Gasteiger partial charge in [0, 0.05) is 27.5 Å². The van der Waals surface area contributed by atoms with Gasteiger partial charge < -0.3 is 32.1 Å². The second-order valence-corrected chi connectivity index (χ2v) is 13.2. The van der Waals surface area contributed by atoms with Crippen molar-refractivity contribution in [3.05, 3.63) is 117 Å². The van der Waals surface area contributed by atoms with Crippen LogP contribution in [0.2, 0.25) is 0 Å². The smallest absolute Gasteiger partial charge is 0.328 e. The first kappa shape index (κ1) is 35.9. The van der Waals surface area contributed by atoms with Crippen LogP contribution in [-0.4, -0.2) is 38.4 Å². The number of halogens is 3. The molecule has 0 radical (unpaired) electrons. The molecule has 1 saturated heterocycles. The molecule has 13 heteroatoms. The minimum absolute atomic E-state index is 0. The van der Waals surface area contributed by atoms with E-state index in [0.717, 1.165) is 59.8 Å². The zero-order valence-electron chi connectivity index (χ0n) is 27.2. The van der Waals surface area contributed by atoms with Crippen molar-refractivity contribution in [2.24, 2.45) is 0 Å². The van der Waals surface area contributed by atoms with Crippen LogP contribution in [-0.2, 0) is 23.5 Å². The highest BCUT2D eigenvalue weighted by Crippen LogP contribution is 2.41. The van der Waals surface area contributed by atoms with Gasteiger partial charge in [-0.05, 0) is 92.4 Å². The number of carbonyl (C=O) groups is 1. The average Bonchev–Trinajstić information content (AvgIpc) is 3.87. The zero-order chi connectivity index (χ0) is 34.0. The van der Waals surface area contributed by atoms with Gasteiger partial charge in [0.25, 0.3) is 6.33 Å². The molecule has 9 nitrogen and oxygen atoms in total. The van der Waals surface area contributed by atoms with Gasteiger partial charge in [0.15, 0.2) is 0 Å². The van der Waals surface area contributed by atoms with Crippen molar-refractivity contribution in [2.45, 2.75) is 64.3 Å². The van der Waals surface area contributed by atoms with Crippen LogP contribution in [0.4, 0.5) is 8.78 Å². The first-order valence-electron chi connectivity index (χ1n) is 15.6. The number of aromatic nitrogens is 4. The van der Waals surface area contributed by atoms with Crippen LogP contribution in [0.5, 0.6) is 5.75 Å². The molecular formula is C36H35BrF2N6O3S. The fourth-order valence-corrected chi connectivity index (χ4v) is 7.13. The molecule has 2 aromatic heterocycles. The SMILES string of the molecule is Cc1cc(C[n+]2cnn(C[C@](O)(c3cc(F)ccc3F)[C@@H](C)c3nc(-c4ccc(C#N)cc4)cs3)c2)cc(C)c1OC(=O)[C@@H]1CCCN1.[Br-]. The predicted octanol–water partition coefficient (Wildman–Crippen LogP) is 2.46. The molecule has 0 saturated carbocycles. The second kappa shape index (κ2) is 15.0. The summed E-state index contributed by atoms with van der Waals surface area (Å²) >= 11 is 1.30. The van der Waals surface area contributed by atoms with Gasteiger partial charge in [-0.2, -0.15) is 5.26 Å². The second-order valence-electron chi connectivity index (χ2n) is 12.3. The summed E-state index contributed by atoms with van der Waals surface area (Å²) in [5.74, 6) is -1.90. The Morgan fingerprint density at radius 1 is 1.20 bits per heavy atom. The number of nitrogens with zero attached hydrogens (tertiary/aromatic N) is 5. The molecule has 0 spiro atoms. The molecule has 5 aromatic rings. The molecule has 1 fully saturated rings. The zero-order valence-corrected chi connectivity index (χ0v) is 29.6. The summed E-state index contributed by atoms with van der Waals surface area (Å²) in [5, 5.41) is 31.4. The van der Waals surface area contributed by atoms with E-state index in [1.165, 1.54) is 16.0 Å². The van der Waals surface area contributed by atoms with Crippen molar-refractivity contribution in [3.63, 3.8) is 0 Å². The van der Waals surface area contributed by atoms with Gasteiger partial charge in [0.05, 0.1) is 28.9 Å². The van der Waals surface area contributed by atoms with Crippen LogP contribution < -0.4 is 31.6 Å². The normalized spacial score (nSPS) is 16.0. The van der Waals surface area contributed by atoms with Gasteiger partial charge in [0.1, 0.15) is 35.6 Å². The lowest BCUT2D eigenvalue weighted by Gasteiger charge is -2.32. The molecule has 0 bridgehead atoms. The van der Waals surface area contributed by atoms with Crippen LogP contribution in [0.1, 0.15) is 58.5 Å². The summed E-state index contributed by atoms with van der Waals surface area (Å²) in [4.78, 5) is 17.3. The number of carbonyl (C=O) groups excluding carboxylic acids is 1. The van der Waals surface area contributed by atoms with E-state index in [2.05, 4.69) is 16.5 Å². The average molecular weight is 750 g/mol. The van der Waals surface area contributed by atoms with E-state index in [0.29, 0.717) is 28.6 Å². The van der Waals surface area contributed by atoms with E-state index in [1.54, 1.807) is 43.8 Å². The molecule has 0 aliphatic carbocycles. The summed E-state index contributed by atoms with van der Waals surface area (Å²) in [5.41, 5.74) is 2.45. The molecule has 1 aliphatic rings. The van der Waals surface area contributed by atoms with Gasteiger partial charge in [-0.3, -0.25) is 0 Å². The largest absolute Gasteiger partial charge is 1.00 e. The summed E-state index contributed by atoms with van der Waals surface area (Å²) in [6.07, 6.45) is 5.01.